The lowest BCUT2D eigenvalue weighted by Gasteiger charge is -2.09. The van der Waals surface area contributed by atoms with Gasteiger partial charge in [-0.15, -0.1) is 11.3 Å². The van der Waals surface area contributed by atoms with Crippen LogP contribution in [0.2, 0.25) is 0 Å². The van der Waals surface area contributed by atoms with Crippen LogP contribution in [0.15, 0.2) is 54.6 Å². The zero-order chi connectivity index (χ0) is 18.9. The molecule has 0 aliphatic heterocycles. The number of fused-ring (bicyclic) bond motifs is 1. The van der Waals surface area contributed by atoms with E-state index in [1.54, 1.807) is 29.7 Å². The maximum absolute atomic E-state index is 12.6. The predicted molar refractivity (Wildman–Crippen MR) is 104 cm³/mol. The molecule has 0 atom stereocenters. The Hall–Kier alpha value is -3.14. The topological polar surface area (TPSA) is 78.4 Å². The number of carbonyl (C=O) groups excluding carboxylic acids is 2. The van der Waals surface area contributed by atoms with Crippen molar-refractivity contribution in [1.82, 2.24) is 10.8 Å². The fourth-order valence-electron chi connectivity index (χ4n) is 2.74. The van der Waals surface area contributed by atoms with E-state index in [0.29, 0.717) is 10.4 Å². The Morgan fingerprint density at radius 3 is 2.44 bits per heavy atom. The van der Waals surface area contributed by atoms with Gasteiger partial charge in [0.25, 0.3) is 11.8 Å². The van der Waals surface area contributed by atoms with Gasteiger partial charge in [-0.3, -0.25) is 14.8 Å². The van der Waals surface area contributed by atoms with Gasteiger partial charge in [0.05, 0.1) is 4.88 Å². The summed E-state index contributed by atoms with van der Waals surface area (Å²) in [6.07, 6.45) is 1.64. The molecule has 6 heteroatoms. The summed E-state index contributed by atoms with van der Waals surface area (Å²) in [4.78, 5) is 24.6. The van der Waals surface area contributed by atoms with Gasteiger partial charge in [0.1, 0.15) is 5.54 Å². The Morgan fingerprint density at radius 1 is 1.04 bits per heavy atom. The molecule has 1 fully saturated rings. The zero-order valence-corrected chi connectivity index (χ0v) is 15.1. The Bertz CT molecular complexity index is 1050. The summed E-state index contributed by atoms with van der Waals surface area (Å²) in [6.45, 7) is 0. The summed E-state index contributed by atoms with van der Waals surface area (Å²) < 4.78 is 1.09. The summed E-state index contributed by atoms with van der Waals surface area (Å²) in [7, 11) is 0. The monoisotopic (exact) mass is 376 g/mol. The molecule has 0 radical (unpaired) electrons. The third-order valence-corrected chi connectivity index (χ3v) is 5.56. The molecule has 1 heterocycles. The molecule has 5 nitrogen and oxygen atoms in total. The SMILES string of the molecule is O=C(NO)c1ccc(C#CC2(NC(=O)c3cc4ccccc4s3)CC2)cc1. The number of nitrogens with one attached hydrogen (secondary N) is 2. The molecule has 27 heavy (non-hydrogen) atoms. The van der Waals surface area contributed by atoms with Gasteiger partial charge in [-0.25, -0.2) is 5.48 Å². The van der Waals surface area contributed by atoms with Crippen LogP contribution >= 0.6 is 11.3 Å². The second-order valence-electron chi connectivity index (χ2n) is 6.45. The van der Waals surface area contributed by atoms with E-state index in [-0.39, 0.29) is 5.91 Å². The van der Waals surface area contributed by atoms with Crippen LogP contribution in [-0.2, 0) is 0 Å². The first-order valence-electron chi connectivity index (χ1n) is 8.47. The molecular formula is C21H16N2O3S. The molecule has 134 valence electrons. The van der Waals surface area contributed by atoms with Crippen LogP contribution in [0, 0.1) is 11.8 Å². The Balaban J connectivity index is 1.47. The predicted octanol–water partition coefficient (Wildman–Crippen LogP) is 3.33. The average Bonchev–Trinajstić information content (AvgIpc) is 3.32. The molecule has 4 rings (SSSR count). The van der Waals surface area contributed by atoms with Crippen LogP contribution in [0.1, 0.15) is 38.4 Å². The number of hydroxylamine groups is 1. The van der Waals surface area contributed by atoms with Crippen molar-refractivity contribution >= 4 is 33.2 Å². The van der Waals surface area contributed by atoms with Crippen LogP contribution in [-0.4, -0.2) is 22.6 Å². The van der Waals surface area contributed by atoms with Gasteiger partial charge in [0.15, 0.2) is 0 Å². The molecule has 3 N–H and O–H groups in total. The second kappa shape index (κ2) is 6.88. The van der Waals surface area contributed by atoms with Gasteiger partial charge in [-0.2, -0.15) is 0 Å². The minimum absolute atomic E-state index is 0.0991. The number of hydrogen-bond donors (Lipinski definition) is 3. The Labute approximate surface area is 160 Å². The lowest BCUT2D eigenvalue weighted by atomic mass is 10.1. The smallest absolute Gasteiger partial charge is 0.274 e. The highest BCUT2D eigenvalue weighted by Crippen LogP contribution is 2.36. The molecule has 1 aromatic heterocycles. The second-order valence-corrected chi connectivity index (χ2v) is 7.54. The fourth-order valence-corrected chi connectivity index (χ4v) is 3.70. The first kappa shape index (κ1) is 17.3. The van der Waals surface area contributed by atoms with Crippen molar-refractivity contribution in [2.24, 2.45) is 0 Å². The molecule has 0 saturated heterocycles. The maximum Gasteiger partial charge on any atom is 0.274 e. The Morgan fingerprint density at radius 2 is 1.78 bits per heavy atom. The van der Waals surface area contributed by atoms with Crippen molar-refractivity contribution in [1.29, 1.82) is 0 Å². The summed E-state index contributed by atoms with van der Waals surface area (Å²) in [5, 5.41) is 12.8. The highest BCUT2D eigenvalue weighted by Gasteiger charge is 2.43. The van der Waals surface area contributed by atoms with Crippen molar-refractivity contribution in [3.8, 4) is 11.8 Å². The van der Waals surface area contributed by atoms with E-state index in [4.69, 9.17) is 5.21 Å². The minimum atomic E-state index is -0.566. The first-order chi connectivity index (χ1) is 13.1. The van der Waals surface area contributed by atoms with Crippen molar-refractivity contribution in [2.45, 2.75) is 18.4 Å². The van der Waals surface area contributed by atoms with E-state index in [0.717, 1.165) is 28.5 Å². The molecular weight excluding hydrogens is 360 g/mol. The first-order valence-corrected chi connectivity index (χ1v) is 9.29. The quantitative estimate of drug-likeness (QED) is 0.373. The van der Waals surface area contributed by atoms with E-state index in [9.17, 15) is 9.59 Å². The van der Waals surface area contributed by atoms with Crippen molar-refractivity contribution in [2.75, 3.05) is 0 Å². The van der Waals surface area contributed by atoms with Crippen molar-refractivity contribution < 1.29 is 14.8 Å². The lowest BCUT2D eigenvalue weighted by Crippen LogP contribution is -2.35. The van der Waals surface area contributed by atoms with E-state index < -0.39 is 11.4 Å². The van der Waals surface area contributed by atoms with Gasteiger partial charge in [-0.05, 0) is 54.6 Å². The summed E-state index contributed by atoms with van der Waals surface area (Å²) in [5.41, 5.74) is 2.21. The van der Waals surface area contributed by atoms with E-state index in [1.807, 2.05) is 30.3 Å². The number of carbonyl (C=O) groups is 2. The van der Waals surface area contributed by atoms with Crippen molar-refractivity contribution in [3.05, 3.63) is 70.6 Å². The van der Waals surface area contributed by atoms with Gasteiger partial charge in [-0.1, -0.05) is 30.0 Å². The van der Waals surface area contributed by atoms with Crippen LogP contribution < -0.4 is 10.8 Å². The summed E-state index contributed by atoms with van der Waals surface area (Å²) in [5.74, 6) is 5.55. The molecule has 1 aliphatic carbocycles. The van der Waals surface area contributed by atoms with E-state index in [2.05, 4.69) is 17.2 Å². The minimum Gasteiger partial charge on any atom is -0.335 e. The van der Waals surface area contributed by atoms with Gasteiger partial charge in [0.2, 0.25) is 0 Å². The summed E-state index contributed by atoms with van der Waals surface area (Å²) in [6, 6.07) is 16.4. The Kier molecular flexibility index (Phi) is 4.40. The summed E-state index contributed by atoms with van der Waals surface area (Å²) >= 11 is 1.48. The largest absolute Gasteiger partial charge is 0.335 e. The molecule has 3 aromatic rings. The molecule has 2 amide bonds. The van der Waals surface area contributed by atoms with Crippen LogP contribution in [0.5, 0.6) is 0 Å². The van der Waals surface area contributed by atoms with Crippen molar-refractivity contribution in [3.63, 3.8) is 0 Å². The van der Waals surface area contributed by atoms with Gasteiger partial charge >= 0.3 is 0 Å². The number of thiophene rings is 1. The van der Waals surface area contributed by atoms with Gasteiger partial charge in [0, 0.05) is 15.8 Å². The highest BCUT2D eigenvalue weighted by molar-refractivity contribution is 7.20. The van der Waals surface area contributed by atoms with E-state index in [1.165, 1.54) is 11.3 Å². The number of rotatable bonds is 3. The molecule has 0 spiro atoms. The van der Waals surface area contributed by atoms with Crippen LogP contribution in [0.25, 0.3) is 10.1 Å². The molecule has 2 aromatic carbocycles. The third kappa shape index (κ3) is 3.70. The van der Waals surface area contributed by atoms with E-state index >= 15 is 0 Å². The highest BCUT2D eigenvalue weighted by atomic mass is 32.1. The number of hydrogen-bond acceptors (Lipinski definition) is 4. The number of benzene rings is 2. The zero-order valence-electron chi connectivity index (χ0n) is 14.3. The normalized spacial score (nSPS) is 14.1. The lowest BCUT2D eigenvalue weighted by molar-refractivity contribution is 0.0706. The molecule has 0 bridgehead atoms. The molecule has 1 saturated carbocycles. The maximum atomic E-state index is 12.6. The van der Waals surface area contributed by atoms with Crippen LogP contribution in [0.3, 0.4) is 0 Å². The molecule has 0 unspecified atom stereocenters. The fraction of sp³-hybridized carbons (Fsp3) is 0.143. The standard InChI is InChI=1S/C21H16N2O3S/c24-19(23-26)15-7-5-14(6-8-15)9-10-21(11-12-21)22-20(25)18-13-16-3-1-2-4-17(16)27-18/h1-8,13,26H,11-12H2,(H,22,25)(H,23,24). The number of amides is 2. The van der Waals surface area contributed by atoms with Crippen LogP contribution in [0.4, 0.5) is 0 Å². The third-order valence-electron chi connectivity index (χ3n) is 4.45. The molecule has 1 aliphatic rings. The van der Waals surface area contributed by atoms with Gasteiger partial charge < -0.3 is 5.32 Å². The average molecular weight is 376 g/mol.